The Balaban J connectivity index is 2.12. The molecule has 0 saturated heterocycles. The minimum Gasteiger partial charge on any atom is -0.497 e. The average molecular weight is 273 g/mol. The third-order valence-corrected chi connectivity index (χ3v) is 3.02. The van der Waals surface area contributed by atoms with E-state index in [-0.39, 0.29) is 0 Å². The highest BCUT2D eigenvalue weighted by molar-refractivity contribution is 5.38. The van der Waals surface area contributed by atoms with Crippen molar-refractivity contribution in [2.75, 3.05) is 14.2 Å². The molecule has 2 aromatic rings. The lowest BCUT2D eigenvalue weighted by Gasteiger charge is -2.12. The van der Waals surface area contributed by atoms with Crippen molar-refractivity contribution in [3.63, 3.8) is 0 Å². The summed E-state index contributed by atoms with van der Waals surface area (Å²) in [5.41, 5.74) is 7.68. The normalized spacial score (nSPS) is 10.2. The van der Waals surface area contributed by atoms with Crippen LogP contribution in [0, 0.1) is 0 Å². The highest BCUT2D eigenvalue weighted by Gasteiger charge is 2.05. The predicted molar refractivity (Wildman–Crippen MR) is 78.2 cm³/mol. The maximum Gasteiger partial charge on any atom is 0.125 e. The molecule has 0 aliphatic heterocycles. The Kier molecular flexibility index (Phi) is 4.85. The van der Waals surface area contributed by atoms with Crippen LogP contribution in [0.25, 0.3) is 0 Å². The molecule has 0 bridgehead atoms. The second-order valence-electron chi connectivity index (χ2n) is 4.32. The number of methoxy groups -OCH3 is 2. The Morgan fingerprint density at radius 2 is 1.75 bits per heavy atom. The number of hydrogen-bond donors (Lipinski definition) is 1. The van der Waals surface area contributed by atoms with Crippen LogP contribution in [0.1, 0.15) is 11.1 Å². The van der Waals surface area contributed by atoms with E-state index in [9.17, 15) is 0 Å². The van der Waals surface area contributed by atoms with E-state index >= 15 is 0 Å². The van der Waals surface area contributed by atoms with Crippen LogP contribution >= 0.6 is 0 Å². The first-order valence-electron chi connectivity index (χ1n) is 6.39. The summed E-state index contributed by atoms with van der Waals surface area (Å²) in [4.78, 5) is 0. The minimum absolute atomic E-state index is 0.421. The van der Waals surface area contributed by atoms with E-state index in [1.54, 1.807) is 14.2 Å². The standard InChI is InChI=1S/C16H19NO3/c1-18-14-4-3-5-15(9-14)20-11-13-8-12(10-17)6-7-16(13)19-2/h3-9H,10-11,17H2,1-2H3. The molecule has 0 radical (unpaired) electrons. The molecule has 0 amide bonds. The minimum atomic E-state index is 0.421. The van der Waals surface area contributed by atoms with Gasteiger partial charge in [0.05, 0.1) is 14.2 Å². The van der Waals surface area contributed by atoms with Gasteiger partial charge in [-0.2, -0.15) is 0 Å². The van der Waals surface area contributed by atoms with Gasteiger partial charge in [0, 0.05) is 18.2 Å². The molecule has 4 heteroatoms. The number of hydrogen-bond acceptors (Lipinski definition) is 4. The first kappa shape index (κ1) is 14.2. The van der Waals surface area contributed by atoms with Gasteiger partial charge in [-0.15, -0.1) is 0 Å². The second kappa shape index (κ2) is 6.82. The maximum absolute atomic E-state index is 5.78. The summed E-state index contributed by atoms with van der Waals surface area (Å²) in [5, 5.41) is 0. The molecule has 2 aromatic carbocycles. The van der Waals surface area contributed by atoms with E-state index in [0.717, 1.165) is 28.4 Å². The first-order chi connectivity index (χ1) is 9.76. The van der Waals surface area contributed by atoms with Gasteiger partial charge >= 0.3 is 0 Å². The summed E-state index contributed by atoms with van der Waals surface area (Å²) in [7, 11) is 3.28. The number of ether oxygens (including phenoxy) is 3. The second-order valence-corrected chi connectivity index (χ2v) is 4.32. The maximum atomic E-state index is 5.78. The van der Waals surface area contributed by atoms with E-state index in [2.05, 4.69) is 0 Å². The lowest BCUT2D eigenvalue weighted by molar-refractivity contribution is 0.294. The summed E-state index contributed by atoms with van der Waals surface area (Å²) < 4.78 is 16.3. The number of benzene rings is 2. The largest absolute Gasteiger partial charge is 0.497 e. The molecule has 20 heavy (non-hydrogen) atoms. The van der Waals surface area contributed by atoms with Crippen molar-refractivity contribution < 1.29 is 14.2 Å². The van der Waals surface area contributed by atoms with Gasteiger partial charge in [0.1, 0.15) is 23.9 Å². The van der Waals surface area contributed by atoms with Crippen molar-refractivity contribution in [1.82, 2.24) is 0 Å². The van der Waals surface area contributed by atoms with Crippen LogP contribution in [0.2, 0.25) is 0 Å². The highest BCUT2D eigenvalue weighted by atomic mass is 16.5. The molecule has 0 aromatic heterocycles. The molecule has 2 N–H and O–H groups in total. The molecule has 106 valence electrons. The van der Waals surface area contributed by atoms with Crippen molar-refractivity contribution in [1.29, 1.82) is 0 Å². The lowest BCUT2D eigenvalue weighted by Crippen LogP contribution is -2.02. The SMILES string of the molecule is COc1cccc(OCc2cc(CN)ccc2OC)c1. The van der Waals surface area contributed by atoms with E-state index in [1.807, 2.05) is 42.5 Å². The van der Waals surface area contributed by atoms with Gasteiger partial charge in [-0.05, 0) is 29.8 Å². The third kappa shape index (κ3) is 3.42. The summed E-state index contributed by atoms with van der Waals surface area (Å²) in [5.74, 6) is 2.32. The summed E-state index contributed by atoms with van der Waals surface area (Å²) in [6.45, 7) is 0.917. The average Bonchev–Trinajstić information content (AvgIpc) is 2.52. The molecule has 0 saturated carbocycles. The van der Waals surface area contributed by atoms with Gasteiger partial charge < -0.3 is 19.9 Å². The van der Waals surface area contributed by atoms with Crippen molar-refractivity contribution in [3.8, 4) is 17.2 Å². The molecule has 0 atom stereocenters. The zero-order valence-electron chi connectivity index (χ0n) is 11.8. The van der Waals surface area contributed by atoms with Gasteiger partial charge in [0.15, 0.2) is 0 Å². The zero-order valence-corrected chi connectivity index (χ0v) is 11.8. The van der Waals surface area contributed by atoms with Crippen LogP contribution in [0.5, 0.6) is 17.2 Å². The molecule has 0 spiro atoms. The zero-order chi connectivity index (χ0) is 14.4. The van der Waals surface area contributed by atoms with Crippen LogP contribution in [0.15, 0.2) is 42.5 Å². The molecular formula is C16H19NO3. The van der Waals surface area contributed by atoms with E-state index < -0.39 is 0 Å². The summed E-state index contributed by atoms with van der Waals surface area (Å²) in [6, 6.07) is 13.4. The van der Waals surface area contributed by atoms with Crippen molar-refractivity contribution in [2.24, 2.45) is 5.73 Å². The molecule has 4 nitrogen and oxygen atoms in total. The number of rotatable bonds is 6. The Morgan fingerprint density at radius 1 is 0.950 bits per heavy atom. The van der Waals surface area contributed by atoms with E-state index in [1.165, 1.54) is 0 Å². The van der Waals surface area contributed by atoms with Crippen molar-refractivity contribution >= 4 is 0 Å². The number of nitrogens with two attached hydrogens (primary N) is 1. The molecule has 0 aliphatic rings. The van der Waals surface area contributed by atoms with Crippen LogP contribution in [0.3, 0.4) is 0 Å². The molecule has 0 heterocycles. The van der Waals surface area contributed by atoms with Crippen LogP contribution in [-0.4, -0.2) is 14.2 Å². The van der Waals surface area contributed by atoms with E-state index in [0.29, 0.717) is 13.2 Å². The van der Waals surface area contributed by atoms with Gasteiger partial charge in [-0.25, -0.2) is 0 Å². The Hall–Kier alpha value is -2.20. The van der Waals surface area contributed by atoms with Crippen molar-refractivity contribution in [2.45, 2.75) is 13.2 Å². The van der Waals surface area contributed by atoms with Gasteiger partial charge in [0.2, 0.25) is 0 Å². The fourth-order valence-electron chi connectivity index (χ4n) is 1.92. The Morgan fingerprint density at radius 3 is 2.45 bits per heavy atom. The third-order valence-electron chi connectivity index (χ3n) is 3.02. The molecule has 2 rings (SSSR count). The topological polar surface area (TPSA) is 53.7 Å². The highest BCUT2D eigenvalue weighted by Crippen LogP contribution is 2.24. The predicted octanol–water partition coefficient (Wildman–Crippen LogP) is 2.74. The van der Waals surface area contributed by atoms with Gasteiger partial charge in [-0.3, -0.25) is 0 Å². The molecule has 0 aliphatic carbocycles. The van der Waals surface area contributed by atoms with Crippen LogP contribution in [0.4, 0.5) is 0 Å². The smallest absolute Gasteiger partial charge is 0.125 e. The lowest BCUT2D eigenvalue weighted by atomic mass is 10.1. The quantitative estimate of drug-likeness (QED) is 0.879. The Labute approximate surface area is 119 Å². The van der Waals surface area contributed by atoms with Crippen molar-refractivity contribution in [3.05, 3.63) is 53.6 Å². The monoisotopic (exact) mass is 273 g/mol. The van der Waals surface area contributed by atoms with Crippen LogP contribution in [-0.2, 0) is 13.2 Å². The van der Waals surface area contributed by atoms with E-state index in [4.69, 9.17) is 19.9 Å². The molecule has 0 unspecified atom stereocenters. The summed E-state index contributed by atoms with van der Waals surface area (Å²) in [6.07, 6.45) is 0. The summed E-state index contributed by atoms with van der Waals surface area (Å²) >= 11 is 0. The van der Waals surface area contributed by atoms with Crippen LogP contribution < -0.4 is 19.9 Å². The Bertz CT molecular complexity index is 569. The fourth-order valence-corrected chi connectivity index (χ4v) is 1.92. The first-order valence-corrected chi connectivity index (χ1v) is 6.39. The molecule has 0 fully saturated rings. The fraction of sp³-hybridized carbons (Fsp3) is 0.250. The molecular weight excluding hydrogens is 254 g/mol. The van der Waals surface area contributed by atoms with Gasteiger partial charge in [0.25, 0.3) is 0 Å². The van der Waals surface area contributed by atoms with Gasteiger partial charge in [-0.1, -0.05) is 12.1 Å².